The maximum Gasteiger partial charge on any atom is 0.229 e. The SMILES string of the molecule is CN(CCOc1ccc(F)cc1)C(=O)C1(C)CCCC1N. The summed E-state index contributed by atoms with van der Waals surface area (Å²) in [5.74, 6) is 0.383. The third-order valence-electron chi connectivity index (χ3n) is 4.37. The predicted molar refractivity (Wildman–Crippen MR) is 79.5 cm³/mol. The Hall–Kier alpha value is -1.62. The standard InChI is InChI=1S/C16H23FN2O2/c1-16(9-3-4-14(16)18)15(20)19(2)10-11-21-13-7-5-12(17)6-8-13/h5-8,14H,3-4,9-11,18H2,1-2H3. The molecule has 0 radical (unpaired) electrons. The van der Waals surface area contributed by atoms with Gasteiger partial charge < -0.3 is 15.4 Å². The Labute approximate surface area is 125 Å². The maximum absolute atomic E-state index is 12.8. The third kappa shape index (κ3) is 3.53. The number of carbonyl (C=O) groups excluding carboxylic acids is 1. The van der Waals surface area contributed by atoms with Crippen molar-refractivity contribution in [3.05, 3.63) is 30.1 Å². The number of nitrogens with zero attached hydrogens (tertiary/aromatic N) is 1. The van der Waals surface area contributed by atoms with Crippen molar-refractivity contribution in [3.8, 4) is 5.75 Å². The van der Waals surface area contributed by atoms with Crippen LogP contribution in [0.3, 0.4) is 0 Å². The highest BCUT2D eigenvalue weighted by atomic mass is 19.1. The Morgan fingerprint density at radius 2 is 2.14 bits per heavy atom. The highest BCUT2D eigenvalue weighted by molar-refractivity contribution is 5.83. The van der Waals surface area contributed by atoms with Crippen molar-refractivity contribution in [3.63, 3.8) is 0 Å². The van der Waals surface area contributed by atoms with Crippen LogP contribution in [-0.4, -0.2) is 37.0 Å². The number of hydrogen-bond acceptors (Lipinski definition) is 3. The van der Waals surface area contributed by atoms with Gasteiger partial charge in [0.05, 0.1) is 12.0 Å². The first-order chi connectivity index (χ1) is 9.93. The van der Waals surface area contributed by atoms with Gasteiger partial charge in [-0.2, -0.15) is 0 Å². The van der Waals surface area contributed by atoms with E-state index < -0.39 is 5.41 Å². The van der Waals surface area contributed by atoms with Gasteiger partial charge in [-0.15, -0.1) is 0 Å². The Kier molecular flexibility index (Phi) is 4.83. The first-order valence-corrected chi connectivity index (χ1v) is 7.33. The monoisotopic (exact) mass is 294 g/mol. The van der Waals surface area contributed by atoms with Crippen LogP contribution in [0.25, 0.3) is 0 Å². The van der Waals surface area contributed by atoms with Crippen molar-refractivity contribution in [2.24, 2.45) is 11.1 Å². The molecule has 116 valence electrons. The van der Waals surface area contributed by atoms with Crippen molar-refractivity contribution in [1.82, 2.24) is 4.90 Å². The number of nitrogens with two attached hydrogens (primary N) is 1. The molecule has 0 aromatic heterocycles. The summed E-state index contributed by atoms with van der Waals surface area (Å²) in [6.45, 7) is 2.81. The molecule has 1 fully saturated rings. The van der Waals surface area contributed by atoms with Gasteiger partial charge in [0.1, 0.15) is 18.2 Å². The number of amides is 1. The molecule has 1 aliphatic rings. The lowest BCUT2D eigenvalue weighted by atomic mass is 9.83. The van der Waals surface area contributed by atoms with Gasteiger partial charge in [0.15, 0.2) is 0 Å². The van der Waals surface area contributed by atoms with E-state index in [1.807, 2.05) is 6.92 Å². The largest absolute Gasteiger partial charge is 0.492 e. The molecule has 1 amide bonds. The highest BCUT2D eigenvalue weighted by Crippen LogP contribution is 2.38. The van der Waals surface area contributed by atoms with Crippen molar-refractivity contribution in [2.75, 3.05) is 20.2 Å². The van der Waals surface area contributed by atoms with E-state index in [9.17, 15) is 9.18 Å². The fourth-order valence-electron chi connectivity index (χ4n) is 2.83. The fourth-order valence-corrected chi connectivity index (χ4v) is 2.83. The van der Waals surface area contributed by atoms with Crippen LogP contribution in [0, 0.1) is 11.2 Å². The van der Waals surface area contributed by atoms with E-state index in [0.717, 1.165) is 19.3 Å². The average molecular weight is 294 g/mol. The Morgan fingerprint density at radius 3 is 2.71 bits per heavy atom. The molecule has 21 heavy (non-hydrogen) atoms. The summed E-state index contributed by atoms with van der Waals surface area (Å²) in [5, 5.41) is 0. The van der Waals surface area contributed by atoms with Gasteiger partial charge in [-0.05, 0) is 44.0 Å². The molecule has 2 N–H and O–H groups in total. The predicted octanol–water partition coefficient (Wildman–Crippen LogP) is 2.18. The molecule has 0 spiro atoms. The molecule has 0 heterocycles. The molecular weight excluding hydrogens is 271 g/mol. The van der Waals surface area contributed by atoms with Crippen LogP contribution in [0.15, 0.2) is 24.3 Å². The van der Waals surface area contributed by atoms with Crippen molar-refractivity contribution >= 4 is 5.91 Å². The summed E-state index contributed by atoms with van der Waals surface area (Å²) in [4.78, 5) is 14.2. The quantitative estimate of drug-likeness (QED) is 0.905. The Bertz CT molecular complexity index is 492. The number of halogens is 1. The fraction of sp³-hybridized carbons (Fsp3) is 0.562. The molecule has 5 heteroatoms. The van der Waals surface area contributed by atoms with Gasteiger partial charge in [0, 0.05) is 13.1 Å². The van der Waals surface area contributed by atoms with Crippen LogP contribution < -0.4 is 10.5 Å². The van der Waals surface area contributed by atoms with E-state index in [1.54, 1.807) is 24.1 Å². The topological polar surface area (TPSA) is 55.6 Å². The lowest BCUT2D eigenvalue weighted by molar-refractivity contribution is -0.140. The van der Waals surface area contributed by atoms with Crippen LogP contribution in [-0.2, 0) is 4.79 Å². The minimum Gasteiger partial charge on any atom is -0.492 e. The molecule has 2 atom stereocenters. The van der Waals surface area contributed by atoms with Gasteiger partial charge >= 0.3 is 0 Å². The van der Waals surface area contributed by atoms with Crippen molar-refractivity contribution in [1.29, 1.82) is 0 Å². The number of rotatable bonds is 5. The van der Waals surface area contributed by atoms with Crippen molar-refractivity contribution < 1.29 is 13.9 Å². The van der Waals surface area contributed by atoms with Crippen LogP contribution in [0.4, 0.5) is 4.39 Å². The van der Waals surface area contributed by atoms with Crippen LogP contribution in [0.1, 0.15) is 26.2 Å². The number of benzene rings is 1. The molecule has 1 saturated carbocycles. The molecule has 2 rings (SSSR count). The zero-order chi connectivity index (χ0) is 15.5. The summed E-state index contributed by atoms with van der Waals surface area (Å²) in [5.41, 5.74) is 5.62. The minimum atomic E-state index is -0.454. The summed E-state index contributed by atoms with van der Waals surface area (Å²) in [6.07, 6.45) is 2.75. The molecule has 0 saturated heterocycles. The maximum atomic E-state index is 12.8. The minimum absolute atomic E-state index is 0.0644. The van der Waals surface area contributed by atoms with E-state index >= 15 is 0 Å². The lowest BCUT2D eigenvalue weighted by Gasteiger charge is -2.32. The van der Waals surface area contributed by atoms with E-state index in [2.05, 4.69) is 0 Å². The second-order valence-corrected chi connectivity index (χ2v) is 5.95. The molecule has 1 aliphatic carbocycles. The number of likely N-dealkylation sites (N-methyl/N-ethyl adjacent to an activating group) is 1. The molecule has 0 aliphatic heterocycles. The van der Waals surface area contributed by atoms with E-state index in [4.69, 9.17) is 10.5 Å². The summed E-state index contributed by atoms with van der Waals surface area (Å²) in [7, 11) is 1.77. The number of ether oxygens (including phenoxy) is 1. The zero-order valence-electron chi connectivity index (χ0n) is 12.6. The first-order valence-electron chi connectivity index (χ1n) is 7.33. The average Bonchev–Trinajstić information content (AvgIpc) is 2.81. The molecule has 4 nitrogen and oxygen atoms in total. The first kappa shape index (κ1) is 15.8. The Balaban J connectivity index is 1.83. The van der Waals surface area contributed by atoms with E-state index in [1.165, 1.54) is 12.1 Å². The lowest BCUT2D eigenvalue weighted by Crippen LogP contribution is -2.48. The Morgan fingerprint density at radius 1 is 1.48 bits per heavy atom. The van der Waals surface area contributed by atoms with E-state index in [-0.39, 0.29) is 17.8 Å². The van der Waals surface area contributed by atoms with Crippen LogP contribution in [0.5, 0.6) is 5.75 Å². The molecular formula is C16H23FN2O2. The number of carbonyl (C=O) groups is 1. The third-order valence-corrected chi connectivity index (χ3v) is 4.37. The van der Waals surface area contributed by atoms with Gasteiger partial charge in [-0.1, -0.05) is 6.42 Å². The second kappa shape index (κ2) is 6.43. The van der Waals surface area contributed by atoms with Gasteiger partial charge in [-0.3, -0.25) is 4.79 Å². The van der Waals surface area contributed by atoms with Crippen molar-refractivity contribution in [2.45, 2.75) is 32.2 Å². The second-order valence-electron chi connectivity index (χ2n) is 5.95. The smallest absolute Gasteiger partial charge is 0.229 e. The van der Waals surface area contributed by atoms with Gasteiger partial charge in [0.2, 0.25) is 5.91 Å². The molecule has 1 aromatic rings. The van der Waals surface area contributed by atoms with E-state index in [0.29, 0.717) is 18.9 Å². The normalized spacial score (nSPS) is 24.9. The van der Waals surface area contributed by atoms with Crippen LogP contribution in [0.2, 0.25) is 0 Å². The highest BCUT2D eigenvalue weighted by Gasteiger charge is 2.44. The summed E-state index contributed by atoms with van der Waals surface area (Å²) in [6, 6.07) is 5.79. The number of hydrogen-bond donors (Lipinski definition) is 1. The zero-order valence-corrected chi connectivity index (χ0v) is 12.6. The van der Waals surface area contributed by atoms with Crippen LogP contribution >= 0.6 is 0 Å². The van der Waals surface area contributed by atoms with Gasteiger partial charge in [0.25, 0.3) is 0 Å². The summed E-state index contributed by atoms with van der Waals surface area (Å²) >= 11 is 0. The van der Waals surface area contributed by atoms with Gasteiger partial charge in [-0.25, -0.2) is 4.39 Å². The molecule has 0 bridgehead atoms. The molecule has 2 unspecified atom stereocenters. The summed E-state index contributed by atoms with van der Waals surface area (Å²) < 4.78 is 18.3. The molecule has 1 aromatic carbocycles.